The number of anilines is 1. The highest BCUT2D eigenvalue weighted by Gasteiger charge is 2.21. The first-order valence-electron chi connectivity index (χ1n) is 8.03. The van der Waals surface area contributed by atoms with Crippen LogP contribution in [0.25, 0.3) is 0 Å². The SMILES string of the molecule is COc1ncc(C(=O)Nc2c(C)noc2C)cc1OC1CCCC1. The Morgan fingerprint density at radius 2 is 2.08 bits per heavy atom. The van der Waals surface area contributed by atoms with Crippen molar-refractivity contribution in [3.8, 4) is 11.6 Å². The predicted octanol–water partition coefficient (Wildman–Crippen LogP) is 3.27. The molecule has 0 atom stereocenters. The molecule has 128 valence electrons. The first kappa shape index (κ1) is 16.3. The summed E-state index contributed by atoms with van der Waals surface area (Å²) < 4.78 is 16.3. The molecule has 0 bridgehead atoms. The average Bonchev–Trinajstić information content (AvgIpc) is 3.20. The Balaban J connectivity index is 1.81. The van der Waals surface area contributed by atoms with Gasteiger partial charge in [0.05, 0.1) is 18.8 Å². The van der Waals surface area contributed by atoms with Crippen molar-refractivity contribution in [2.75, 3.05) is 12.4 Å². The predicted molar refractivity (Wildman–Crippen MR) is 87.6 cm³/mol. The molecule has 1 aliphatic rings. The summed E-state index contributed by atoms with van der Waals surface area (Å²) in [6.07, 6.45) is 5.96. The molecule has 1 fully saturated rings. The highest BCUT2D eigenvalue weighted by atomic mass is 16.5. The molecule has 0 unspecified atom stereocenters. The van der Waals surface area contributed by atoms with Gasteiger partial charge in [0.15, 0.2) is 11.5 Å². The van der Waals surface area contributed by atoms with Crippen LogP contribution in [0.5, 0.6) is 11.6 Å². The fourth-order valence-corrected chi connectivity index (χ4v) is 2.83. The van der Waals surface area contributed by atoms with E-state index in [0.29, 0.717) is 34.3 Å². The second-order valence-corrected chi connectivity index (χ2v) is 5.91. The maximum absolute atomic E-state index is 12.5. The van der Waals surface area contributed by atoms with E-state index in [4.69, 9.17) is 14.0 Å². The Morgan fingerprint density at radius 3 is 2.71 bits per heavy atom. The highest BCUT2D eigenvalue weighted by molar-refractivity contribution is 6.04. The van der Waals surface area contributed by atoms with Crippen LogP contribution in [0.4, 0.5) is 5.69 Å². The third kappa shape index (κ3) is 3.34. The van der Waals surface area contributed by atoms with Gasteiger partial charge in [-0.25, -0.2) is 4.98 Å². The normalized spacial score (nSPS) is 14.6. The lowest BCUT2D eigenvalue weighted by Gasteiger charge is -2.16. The summed E-state index contributed by atoms with van der Waals surface area (Å²) >= 11 is 0. The molecule has 0 radical (unpaired) electrons. The van der Waals surface area contributed by atoms with E-state index in [1.54, 1.807) is 19.9 Å². The molecule has 1 saturated carbocycles. The minimum atomic E-state index is -0.296. The summed E-state index contributed by atoms with van der Waals surface area (Å²) in [4.78, 5) is 16.7. The molecule has 0 spiro atoms. The Kier molecular flexibility index (Phi) is 4.69. The van der Waals surface area contributed by atoms with Crippen LogP contribution in [0.3, 0.4) is 0 Å². The minimum Gasteiger partial charge on any atom is -0.485 e. The van der Waals surface area contributed by atoms with Crippen molar-refractivity contribution < 1.29 is 18.8 Å². The van der Waals surface area contributed by atoms with E-state index in [9.17, 15) is 4.79 Å². The summed E-state index contributed by atoms with van der Waals surface area (Å²) in [7, 11) is 1.54. The zero-order chi connectivity index (χ0) is 17.1. The standard InChI is InChI=1S/C17H21N3O4/c1-10-15(11(2)24-20-10)19-16(21)12-8-14(17(22-3)18-9-12)23-13-6-4-5-7-13/h8-9,13H,4-7H2,1-3H3,(H,19,21). The van der Waals surface area contributed by atoms with Crippen molar-refractivity contribution in [2.24, 2.45) is 0 Å². The number of ether oxygens (including phenoxy) is 2. The van der Waals surface area contributed by atoms with Crippen LogP contribution in [0.2, 0.25) is 0 Å². The Morgan fingerprint density at radius 1 is 1.33 bits per heavy atom. The van der Waals surface area contributed by atoms with E-state index in [1.807, 2.05) is 0 Å². The smallest absolute Gasteiger partial charge is 0.257 e. The lowest BCUT2D eigenvalue weighted by Crippen LogP contribution is -2.16. The van der Waals surface area contributed by atoms with Crippen molar-refractivity contribution in [1.82, 2.24) is 10.1 Å². The van der Waals surface area contributed by atoms with Gasteiger partial charge in [0.1, 0.15) is 11.4 Å². The molecule has 1 N–H and O–H groups in total. The van der Waals surface area contributed by atoms with E-state index in [0.717, 1.165) is 25.7 Å². The third-order valence-electron chi connectivity index (χ3n) is 4.14. The van der Waals surface area contributed by atoms with E-state index in [-0.39, 0.29) is 12.0 Å². The molecule has 0 aliphatic heterocycles. The monoisotopic (exact) mass is 331 g/mol. The molecule has 7 nitrogen and oxygen atoms in total. The van der Waals surface area contributed by atoms with Crippen molar-refractivity contribution in [3.05, 3.63) is 29.3 Å². The maximum atomic E-state index is 12.5. The number of aromatic nitrogens is 2. The summed E-state index contributed by atoms with van der Waals surface area (Å²) in [5.74, 6) is 1.15. The number of pyridine rings is 1. The Labute approximate surface area is 140 Å². The average molecular weight is 331 g/mol. The van der Waals surface area contributed by atoms with E-state index in [1.165, 1.54) is 13.3 Å². The fourth-order valence-electron chi connectivity index (χ4n) is 2.83. The molecule has 1 amide bonds. The molecule has 0 saturated heterocycles. The van der Waals surface area contributed by atoms with Gasteiger partial charge < -0.3 is 19.3 Å². The van der Waals surface area contributed by atoms with Crippen molar-refractivity contribution >= 4 is 11.6 Å². The molecule has 3 rings (SSSR count). The molecule has 2 aromatic rings. The number of nitrogens with zero attached hydrogens (tertiary/aromatic N) is 2. The number of aryl methyl sites for hydroxylation is 2. The van der Waals surface area contributed by atoms with Crippen LogP contribution in [0.1, 0.15) is 47.5 Å². The number of nitrogens with one attached hydrogen (secondary N) is 1. The topological polar surface area (TPSA) is 86.5 Å². The van der Waals surface area contributed by atoms with Gasteiger partial charge in [-0.3, -0.25) is 4.79 Å². The van der Waals surface area contributed by atoms with Gasteiger partial charge in [0.2, 0.25) is 0 Å². The van der Waals surface area contributed by atoms with Gasteiger partial charge in [0.25, 0.3) is 11.8 Å². The van der Waals surface area contributed by atoms with Crippen molar-refractivity contribution in [1.29, 1.82) is 0 Å². The van der Waals surface area contributed by atoms with E-state index in [2.05, 4.69) is 15.5 Å². The molecule has 7 heteroatoms. The molecule has 2 heterocycles. The van der Waals surface area contributed by atoms with E-state index < -0.39 is 0 Å². The molecular formula is C17H21N3O4. The van der Waals surface area contributed by atoms with Crippen LogP contribution in [-0.2, 0) is 0 Å². The van der Waals surface area contributed by atoms with Gasteiger partial charge in [0, 0.05) is 12.3 Å². The van der Waals surface area contributed by atoms with Crippen molar-refractivity contribution in [3.63, 3.8) is 0 Å². The third-order valence-corrected chi connectivity index (χ3v) is 4.14. The van der Waals surface area contributed by atoms with Gasteiger partial charge in [-0.1, -0.05) is 5.16 Å². The number of methoxy groups -OCH3 is 1. The van der Waals surface area contributed by atoms with Crippen LogP contribution >= 0.6 is 0 Å². The van der Waals surface area contributed by atoms with Gasteiger partial charge in [-0.2, -0.15) is 0 Å². The van der Waals surface area contributed by atoms with Gasteiger partial charge in [-0.05, 0) is 39.5 Å². The minimum absolute atomic E-state index is 0.154. The lowest BCUT2D eigenvalue weighted by atomic mass is 10.2. The molecular weight excluding hydrogens is 310 g/mol. The second-order valence-electron chi connectivity index (χ2n) is 5.91. The largest absolute Gasteiger partial charge is 0.485 e. The Hall–Kier alpha value is -2.57. The number of rotatable bonds is 5. The second kappa shape index (κ2) is 6.90. The number of hydrogen-bond acceptors (Lipinski definition) is 6. The first-order valence-corrected chi connectivity index (χ1v) is 8.03. The molecule has 0 aromatic carbocycles. The summed E-state index contributed by atoms with van der Waals surface area (Å²) in [6, 6.07) is 1.66. The summed E-state index contributed by atoms with van der Waals surface area (Å²) in [5.41, 5.74) is 1.60. The molecule has 24 heavy (non-hydrogen) atoms. The molecule has 1 aliphatic carbocycles. The van der Waals surface area contributed by atoms with Crippen LogP contribution in [0, 0.1) is 13.8 Å². The van der Waals surface area contributed by atoms with Crippen molar-refractivity contribution in [2.45, 2.75) is 45.6 Å². The number of hydrogen-bond donors (Lipinski definition) is 1. The lowest BCUT2D eigenvalue weighted by molar-refractivity contribution is 0.102. The number of carbonyl (C=O) groups is 1. The molecule has 2 aromatic heterocycles. The number of carbonyl (C=O) groups excluding carboxylic acids is 1. The van der Waals surface area contributed by atoms with Gasteiger partial charge >= 0.3 is 0 Å². The quantitative estimate of drug-likeness (QED) is 0.905. The van der Waals surface area contributed by atoms with Crippen LogP contribution < -0.4 is 14.8 Å². The zero-order valence-corrected chi connectivity index (χ0v) is 14.1. The van der Waals surface area contributed by atoms with E-state index >= 15 is 0 Å². The zero-order valence-electron chi connectivity index (χ0n) is 14.1. The van der Waals surface area contributed by atoms with Gasteiger partial charge in [-0.15, -0.1) is 0 Å². The number of amides is 1. The highest BCUT2D eigenvalue weighted by Crippen LogP contribution is 2.31. The summed E-state index contributed by atoms with van der Waals surface area (Å²) in [5, 5.41) is 6.63. The maximum Gasteiger partial charge on any atom is 0.257 e. The fraction of sp³-hybridized carbons (Fsp3) is 0.471. The Bertz CT molecular complexity index is 716. The van der Waals surface area contributed by atoms with Crippen LogP contribution in [0.15, 0.2) is 16.8 Å². The van der Waals surface area contributed by atoms with Crippen LogP contribution in [-0.4, -0.2) is 29.3 Å². The first-order chi connectivity index (χ1) is 11.6. The summed E-state index contributed by atoms with van der Waals surface area (Å²) in [6.45, 7) is 3.52.